The number of halogens is 2. The molecule has 0 saturated carbocycles. The van der Waals surface area contributed by atoms with Crippen LogP contribution in [-0.2, 0) is 12.1 Å². The number of aliphatic hydroxyl groups is 1. The molecule has 4 aromatic rings. The van der Waals surface area contributed by atoms with E-state index in [0.29, 0.717) is 17.1 Å². The lowest BCUT2D eigenvalue weighted by Gasteiger charge is -2.52. The van der Waals surface area contributed by atoms with E-state index in [0.717, 1.165) is 63.6 Å². The van der Waals surface area contributed by atoms with Gasteiger partial charge in [-0.15, -0.1) is 11.8 Å². The van der Waals surface area contributed by atoms with Gasteiger partial charge in [0, 0.05) is 28.9 Å². The molecule has 1 N–H and O–H groups in total. The molecular formula is C30H28BrFN2O2S. The van der Waals surface area contributed by atoms with Gasteiger partial charge in [-0.1, -0.05) is 54.6 Å². The van der Waals surface area contributed by atoms with Crippen molar-refractivity contribution in [3.8, 4) is 11.1 Å². The summed E-state index contributed by atoms with van der Waals surface area (Å²) in [5.74, 6) is 1.66. The van der Waals surface area contributed by atoms with E-state index < -0.39 is 5.60 Å². The number of quaternary nitrogens is 1. The quantitative estimate of drug-likeness (QED) is 0.370. The Balaban J connectivity index is 0.00000252. The molecule has 1 atom stereocenters. The number of thioether (sulfide) groups is 1. The SMILES string of the molecule is OC1(c2ncc(C[N+]34CCC(CC3)C(Sc3cccc(F)c3)C4)o2)c2ccccc2-c2ccccc21.[Br-]. The van der Waals surface area contributed by atoms with Crippen LogP contribution in [0.25, 0.3) is 11.1 Å². The van der Waals surface area contributed by atoms with Gasteiger partial charge in [-0.25, -0.2) is 9.37 Å². The number of rotatable bonds is 5. The Morgan fingerprint density at radius 2 is 1.65 bits per heavy atom. The number of hydrogen-bond donors (Lipinski definition) is 1. The van der Waals surface area contributed by atoms with Gasteiger partial charge in [0.15, 0.2) is 11.4 Å². The molecule has 4 heterocycles. The van der Waals surface area contributed by atoms with Crippen molar-refractivity contribution in [2.45, 2.75) is 35.1 Å². The molecule has 3 aromatic carbocycles. The minimum absolute atomic E-state index is 0. The highest BCUT2D eigenvalue weighted by Gasteiger charge is 2.49. The van der Waals surface area contributed by atoms with E-state index in [1.165, 1.54) is 18.9 Å². The zero-order valence-electron chi connectivity index (χ0n) is 20.3. The maximum Gasteiger partial charge on any atom is 0.236 e. The summed E-state index contributed by atoms with van der Waals surface area (Å²) in [6.07, 6.45) is 4.16. The average Bonchev–Trinajstić information content (AvgIpc) is 3.47. The third-order valence-corrected chi connectivity index (χ3v) is 9.77. The molecule has 0 spiro atoms. The zero-order chi connectivity index (χ0) is 24.3. The molecule has 37 heavy (non-hydrogen) atoms. The molecule has 4 nitrogen and oxygen atoms in total. The van der Waals surface area contributed by atoms with Crippen LogP contribution in [0.2, 0.25) is 0 Å². The van der Waals surface area contributed by atoms with Crippen molar-refractivity contribution < 1.29 is 35.4 Å². The summed E-state index contributed by atoms with van der Waals surface area (Å²) in [4.78, 5) is 5.64. The van der Waals surface area contributed by atoms with Crippen LogP contribution in [0.5, 0.6) is 0 Å². The fourth-order valence-corrected chi connectivity index (χ4v) is 8.16. The Morgan fingerprint density at radius 1 is 0.973 bits per heavy atom. The van der Waals surface area contributed by atoms with Crippen LogP contribution in [0, 0.1) is 11.7 Å². The monoisotopic (exact) mass is 578 g/mol. The molecule has 1 unspecified atom stereocenters. The summed E-state index contributed by atoms with van der Waals surface area (Å²) in [5.41, 5.74) is 2.28. The molecular weight excluding hydrogens is 551 g/mol. The minimum Gasteiger partial charge on any atom is -1.00 e. The van der Waals surface area contributed by atoms with Crippen LogP contribution in [-0.4, -0.2) is 39.5 Å². The first-order valence-electron chi connectivity index (χ1n) is 12.7. The van der Waals surface area contributed by atoms with Gasteiger partial charge < -0.3 is 31.0 Å². The van der Waals surface area contributed by atoms with Crippen molar-refractivity contribution in [3.63, 3.8) is 0 Å². The van der Waals surface area contributed by atoms with Crippen LogP contribution in [0.15, 0.2) is 88.3 Å². The lowest BCUT2D eigenvalue weighted by Crippen LogP contribution is -3.00. The zero-order valence-corrected chi connectivity index (χ0v) is 22.7. The number of piperidine rings is 3. The van der Waals surface area contributed by atoms with Crippen molar-refractivity contribution in [2.24, 2.45) is 5.92 Å². The van der Waals surface area contributed by atoms with Crippen molar-refractivity contribution in [1.82, 2.24) is 4.98 Å². The number of benzene rings is 3. The van der Waals surface area contributed by atoms with Crippen LogP contribution in [0.3, 0.4) is 0 Å². The Bertz CT molecular complexity index is 1400. The third-order valence-electron chi connectivity index (χ3n) is 8.40. The summed E-state index contributed by atoms with van der Waals surface area (Å²) in [5, 5.41) is 12.5. The Hall–Kier alpha value is -2.45. The van der Waals surface area contributed by atoms with Crippen LogP contribution < -0.4 is 17.0 Å². The largest absolute Gasteiger partial charge is 1.00 e. The van der Waals surface area contributed by atoms with E-state index >= 15 is 0 Å². The van der Waals surface area contributed by atoms with Gasteiger partial charge >= 0.3 is 0 Å². The molecule has 8 rings (SSSR count). The Labute approximate surface area is 230 Å². The predicted molar refractivity (Wildman–Crippen MR) is 138 cm³/mol. The van der Waals surface area contributed by atoms with Crippen molar-refractivity contribution in [2.75, 3.05) is 19.6 Å². The first-order valence-corrected chi connectivity index (χ1v) is 13.6. The lowest BCUT2D eigenvalue weighted by molar-refractivity contribution is -0.954. The summed E-state index contributed by atoms with van der Waals surface area (Å²) in [7, 11) is 0. The molecule has 0 amide bonds. The van der Waals surface area contributed by atoms with Gasteiger partial charge in [-0.2, -0.15) is 0 Å². The summed E-state index contributed by atoms with van der Waals surface area (Å²) in [6, 6.07) is 22.9. The first-order chi connectivity index (χ1) is 17.5. The van der Waals surface area contributed by atoms with Crippen LogP contribution >= 0.6 is 11.8 Å². The average molecular weight is 580 g/mol. The smallest absolute Gasteiger partial charge is 0.236 e. The third kappa shape index (κ3) is 4.07. The molecule has 7 heteroatoms. The van der Waals surface area contributed by atoms with Crippen LogP contribution in [0.1, 0.15) is 35.6 Å². The second-order valence-electron chi connectivity index (χ2n) is 10.5. The molecule has 3 saturated heterocycles. The molecule has 3 aliphatic heterocycles. The highest BCUT2D eigenvalue weighted by Crippen LogP contribution is 2.50. The first kappa shape index (κ1) is 24.9. The number of nitrogens with zero attached hydrogens (tertiary/aromatic N) is 2. The predicted octanol–water partition coefficient (Wildman–Crippen LogP) is 2.98. The van der Waals surface area contributed by atoms with Gasteiger partial charge in [-0.05, 0) is 35.2 Å². The van der Waals surface area contributed by atoms with Crippen molar-refractivity contribution >= 4 is 11.8 Å². The summed E-state index contributed by atoms with van der Waals surface area (Å²) in [6.45, 7) is 4.05. The summed E-state index contributed by atoms with van der Waals surface area (Å²) < 4.78 is 21.1. The Morgan fingerprint density at radius 3 is 2.32 bits per heavy atom. The van der Waals surface area contributed by atoms with Crippen LogP contribution in [0.4, 0.5) is 4.39 Å². The second kappa shape index (κ2) is 9.38. The van der Waals surface area contributed by atoms with Crippen molar-refractivity contribution in [3.05, 3.63) is 108 Å². The molecule has 2 bridgehead atoms. The maximum absolute atomic E-state index is 13.8. The standard InChI is InChI=1S/C30H28FN2O2S.BrH/c31-21-6-5-7-23(16-21)36-28-19-33(14-12-20(28)13-15-33)18-22-17-32-29(35-22)30(34)26-10-3-1-8-24(26)25-9-2-4-11-27(25)30;/h1-11,16-17,20,28,34H,12-15,18-19H2;1H/q+1;/p-1. The lowest BCUT2D eigenvalue weighted by atomic mass is 9.85. The van der Waals surface area contributed by atoms with E-state index in [1.807, 2.05) is 66.4 Å². The second-order valence-corrected chi connectivity index (χ2v) is 11.8. The van der Waals surface area contributed by atoms with Gasteiger partial charge in [0.25, 0.3) is 0 Å². The maximum atomic E-state index is 13.8. The summed E-state index contributed by atoms with van der Waals surface area (Å²) >= 11 is 1.82. The molecule has 0 radical (unpaired) electrons. The fraction of sp³-hybridized carbons (Fsp3) is 0.300. The Kier molecular flexibility index (Phi) is 6.30. The number of fused-ring (bicyclic) bond motifs is 6. The van der Waals surface area contributed by atoms with Gasteiger partial charge in [0.2, 0.25) is 5.89 Å². The topological polar surface area (TPSA) is 46.3 Å². The molecule has 1 aromatic heterocycles. The highest BCUT2D eigenvalue weighted by atomic mass is 79.9. The molecule has 3 fully saturated rings. The molecule has 4 aliphatic rings. The van der Waals surface area contributed by atoms with E-state index in [9.17, 15) is 9.50 Å². The fourth-order valence-electron chi connectivity index (χ4n) is 6.61. The van der Waals surface area contributed by atoms with Gasteiger partial charge in [0.1, 0.15) is 12.4 Å². The van der Waals surface area contributed by atoms with Crippen molar-refractivity contribution in [1.29, 1.82) is 0 Å². The number of hydrogen-bond acceptors (Lipinski definition) is 4. The van der Waals surface area contributed by atoms with E-state index in [4.69, 9.17) is 4.42 Å². The molecule has 1 aliphatic carbocycles. The van der Waals surface area contributed by atoms with E-state index in [2.05, 4.69) is 4.98 Å². The molecule has 190 valence electrons. The van der Waals surface area contributed by atoms with Gasteiger partial charge in [0.05, 0.1) is 31.1 Å². The number of oxazole rings is 1. The minimum atomic E-state index is -1.39. The number of aromatic nitrogens is 1. The van der Waals surface area contributed by atoms with E-state index in [-0.39, 0.29) is 22.8 Å². The van der Waals surface area contributed by atoms with Gasteiger partial charge in [-0.3, -0.25) is 0 Å². The highest BCUT2D eigenvalue weighted by molar-refractivity contribution is 8.00. The normalized spacial score (nSPS) is 24.8. The van der Waals surface area contributed by atoms with E-state index in [1.54, 1.807) is 18.3 Å².